The SMILES string of the molecule is CCC1(c2ccccc2)NC(=O)N(CN2CCc3sccc3C2)C1=O. The van der Waals surface area contributed by atoms with Crippen LogP contribution in [0.15, 0.2) is 41.8 Å². The van der Waals surface area contributed by atoms with Crippen molar-refractivity contribution in [2.24, 2.45) is 0 Å². The molecule has 2 aliphatic heterocycles. The molecule has 3 heterocycles. The maximum Gasteiger partial charge on any atom is 0.326 e. The van der Waals surface area contributed by atoms with Crippen LogP contribution < -0.4 is 5.32 Å². The first-order chi connectivity index (χ1) is 12.1. The van der Waals surface area contributed by atoms with Gasteiger partial charge < -0.3 is 5.32 Å². The predicted molar refractivity (Wildman–Crippen MR) is 97.1 cm³/mol. The van der Waals surface area contributed by atoms with Crippen molar-refractivity contribution >= 4 is 23.3 Å². The summed E-state index contributed by atoms with van der Waals surface area (Å²) in [4.78, 5) is 30.7. The van der Waals surface area contributed by atoms with E-state index in [1.807, 2.05) is 37.3 Å². The molecule has 2 aromatic rings. The highest BCUT2D eigenvalue weighted by atomic mass is 32.1. The van der Waals surface area contributed by atoms with Crippen LogP contribution in [0, 0.1) is 0 Å². The van der Waals surface area contributed by atoms with Gasteiger partial charge in [0.05, 0.1) is 6.67 Å². The van der Waals surface area contributed by atoms with Crippen molar-refractivity contribution in [1.29, 1.82) is 0 Å². The molecule has 130 valence electrons. The molecule has 1 fully saturated rings. The van der Waals surface area contributed by atoms with E-state index < -0.39 is 5.54 Å². The van der Waals surface area contributed by atoms with Crippen LogP contribution in [0.1, 0.15) is 29.3 Å². The fourth-order valence-electron chi connectivity index (χ4n) is 3.74. The number of imide groups is 1. The van der Waals surface area contributed by atoms with E-state index in [1.165, 1.54) is 15.3 Å². The number of carbonyl (C=O) groups excluding carboxylic acids is 2. The summed E-state index contributed by atoms with van der Waals surface area (Å²) in [6, 6.07) is 11.4. The highest BCUT2D eigenvalue weighted by Crippen LogP contribution is 2.33. The Bertz CT molecular complexity index is 804. The van der Waals surface area contributed by atoms with Gasteiger partial charge in [-0.3, -0.25) is 9.69 Å². The van der Waals surface area contributed by atoms with Gasteiger partial charge in [0.2, 0.25) is 0 Å². The van der Waals surface area contributed by atoms with Crippen LogP contribution in [0.2, 0.25) is 0 Å². The van der Waals surface area contributed by atoms with Crippen LogP contribution in [0.25, 0.3) is 0 Å². The zero-order chi connectivity index (χ0) is 17.4. The topological polar surface area (TPSA) is 52.7 Å². The number of benzene rings is 1. The molecule has 3 amide bonds. The minimum Gasteiger partial charge on any atom is -0.319 e. The molecule has 1 N–H and O–H groups in total. The number of nitrogens with zero attached hydrogens (tertiary/aromatic N) is 2. The van der Waals surface area contributed by atoms with E-state index >= 15 is 0 Å². The summed E-state index contributed by atoms with van der Waals surface area (Å²) in [7, 11) is 0. The van der Waals surface area contributed by atoms with Gasteiger partial charge in [-0.25, -0.2) is 9.69 Å². The number of rotatable bonds is 4. The third-order valence-corrected chi connectivity index (χ3v) is 6.22. The highest BCUT2D eigenvalue weighted by molar-refractivity contribution is 7.10. The van der Waals surface area contributed by atoms with Crippen LogP contribution in [0.5, 0.6) is 0 Å². The quantitative estimate of drug-likeness (QED) is 0.858. The Labute approximate surface area is 151 Å². The Hall–Kier alpha value is -2.18. The van der Waals surface area contributed by atoms with E-state index in [0.29, 0.717) is 13.1 Å². The molecule has 0 aliphatic carbocycles. The fraction of sp³-hybridized carbons (Fsp3) is 0.368. The van der Waals surface area contributed by atoms with E-state index in [4.69, 9.17) is 0 Å². The lowest BCUT2D eigenvalue weighted by Crippen LogP contribution is -2.46. The molecular formula is C19H21N3O2S. The Morgan fingerprint density at radius 3 is 2.76 bits per heavy atom. The summed E-state index contributed by atoms with van der Waals surface area (Å²) in [5.74, 6) is -0.151. The Morgan fingerprint density at radius 2 is 2.00 bits per heavy atom. The first-order valence-corrected chi connectivity index (χ1v) is 9.49. The summed E-state index contributed by atoms with van der Waals surface area (Å²) >= 11 is 1.79. The van der Waals surface area contributed by atoms with Gasteiger partial charge in [-0.2, -0.15) is 0 Å². The molecule has 0 bridgehead atoms. The third kappa shape index (κ3) is 2.65. The molecule has 1 saturated heterocycles. The average molecular weight is 355 g/mol. The monoisotopic (exact) mass is 355 g/mol. The lowest BCUT2D eigenvalue weighted by atomic mass is 9.87. The molecule has 2 aliphatic rings. The van der Waals surface area contributed by atoms with Crippen molar-refractivity contribution in [3.8, 4) is 0 Å². The van der Waals surface area contributed by atoms with E-state index in [9.17, 15) is 9.59 Å². The molecule has 1 atom stereocenters. The normalized spacial score (nSPS) is 23.6. The van der Waals surface area contributed by atoms with Crippen LogP contribution in [-0.2, 0) is 23.3 Å². The molecule has 0 spiro atoms. The van der Waals surface area contributed by atoms with E-state index in [-0.39, 0.29) is 11.9 Å². The first-order valence-electron chi connectivity index (χ1n) is 8.61. The summed E-state index contributed by atoms with van der Waals surface area (Å²) in [6.45, 7) is 3.94. The van der Waals surface area contributed by atoms with E-state index in [1.54, 1.807) is 11.3 Å². The first kappa shape index (κ1) is 16.3. The minimum absolute atomic E-state index is 0.151. The van der Waals surface area contributed by atoms with Crippen LogP contribution >= 0.6 is 11.3 Å². The largest absolute Gasteiger partial charge is 0.326 e. The van der Waals surface area contributed by atoms with Crippen molar-refractivity contribution in [2.75, 3.05) is 13.2 Å². The fourth-order valence-corrected chi connectivity index (χ4v) is 4.63. The summed E-state index contributed by atoms with van der Waals surface area (Å²) in [6.07, 6.45) is 1.51. The minimum atomic E-state index is -0.943. The second kappa shape index (κ2) is 6.28. The summed E-state index contributed by atoms with van der Waals surface area (Å²) in [5, 5.41) is 5.06. The zero-order valence-electron chi connectivity index (χ0n) is 14.2. The number of carbonyl (C=O) groups is 2. The number of fused-ring (bicyclic) bond motifs is 1. The maximum atomic E-state index is 13.2. The van der Waals surface area contributed by atoms with Crippen molar-refractivity contribution < 1.29 is 9.59 Å². The molecule has 4 rings (SSSR count). The molecule has 1 unspecified atom stereocenters. The summed E-state index contributed by atoms with van der Waals surface area (Å²) < 4.78 is 0. The molecule has 1 aromatic heterocycles. The maximum absolute atomic E-state index is 13.2. The van der Waals surface area contributed by atoms with Crippen molar-refractivity contribution in [1.82, 2.24) is 15.1 Å². The molecular weight excluding hydrogens is 334 g/mol. The van der Waals surface area contributed by atoms with Crippen LogP contribution in [-0.4, -0.2) is 35.0 Å². The molecule has 6 heteroatoms. The molecule has 1 aromatic carbocycles. The average Bonchev–Trinajstić information content (AvgIpc) is 3.20. The van der Waals surface area contributed by atoms with Crippen LogP contribution in [0.3, 0.4) is 0 Å². The lowest BCUT2D eigenvalue weighted by Gasteiger charge is -2.30. The lowest BCUT2D eigenvalue weighted by molar-refractivity contribution is -0.133. The Kier molecular flexibility index (Phi) is 4.09. The zero-order valence-corrected chi connectivity index (χ0v) is 15.0. The van der Waals surface area contributed by atoms with Gasteiger partial charge in [-0.1, -0.05) is 37.3 Å². The van der Waals surface area contributed by atoms with Gasteiger partial charge in [0.1, 0.15) is 5.54 Å². The number of thiophene rings is 1. The van der Waals surface area contributed by atoms with Gasteiger partial charge in [0.25, 0.3) is 5.91 Å². The van der Waals surface area contributed by atoms with Crippen molar-refractivity contribution in [3.63, 3.8) is 0 Å². The number of nitrogens with one attached hydrogen (secondary N) is 1. The smallest absolute Gasteiger partial charge is 0.319 e. The molecule has 5 nitrogen and oxygen atoms in total. The van der Waals surface area contributed by atoms with Gasteiger partial charge in [-0.05, 0) is 35.4 Å². The van der Waals surface area contributed by atoms with Gasteiger partial charge >= 0.3 is 6.03 Å². The molecule has 0 radical (unpaired) electrons. The predicted octanol–water partition coefficient (Wildman–Crippen LogP) is 2.92. The van der Waals surface area contributed by atoms with Crippen LogP contribution in [0.4, 0.5) is 4.79 Å². The van der Waals surface area contributed by atoms with Crippen molar-refractivity contribution in [2.45, 2.75) is 31.8 Å². The van der Waals surface area contributed by atoms with E-state index in [0.717, 1.165) is 25.1 Å². The van der Waals surface area contributed by atoms with E-state index in [2.05, 4.69) is 21.7 Å². The standard InChI is InChI=1S/C19H21N3O2S/c1-2-19(15-6-4-3-5-7-15)17(23)22(18(24)20-19)13-21-10-8-16-14(12-21)9-11-25-16/h3-7,9,11H,2,8,10,12-13H2,1H3,(H,20,24). The summed E-state index contributed by atoms with van der Waals surface area (Å²) in [5.41, 5.74) is 1.21. The number of amides is 3. The molecule has 25 heavy (non-hydrogen) atoms. The number of hydrogen-bond donors (Lipinski definition) is 1. The third-order valence-electron chi connectivity index (χ3n) is 5.20. The highest BCUT2D eigenvalue weighted by Gasteiger charge is 2.51. The second-order valence-electron chi connectivity index (χ2n) is 6.60. The Balaban J connectivity index is 1.56. The molecule has 0 saturated carbocycles. The van der Waals surface area contributed by atoms with Crippen molar-refractivity contribution in [3.05, 3.63) is 57.8 Å². The number of urea groups is 1. The second-order valence-corrected chi connectivity index (χ2v) is 7.60. The van der Waals surface area contributed by atoms with Gasteiger partial charge in [0.15, 0.2) is 0 Å². The van der Waals surface area contributed by atoms with Gasteiger partial charge in [-0.15, -0.1) is 11.3 Å². The number of hydrogen-bond acceptors (Lipinski definition) is 4. The Morgan fingerprint density at radius 1 is 1.20 bits per heavy atom. The van der Waals surface area contributed by atoms with Gasteiger partial charge in [0, 0.05) is 18.0 Å².